The number of benzene rings is 1. The first-order valence-corrected chi connectivity index (χ1v) is 6.88. The van der Waals surface area contributed by atoms with Gasteiger partial charge in [-0.3, -0.25) is 0 Å². The first-order valence-electron chi connectivity index (χ1n) is 6.88. The summed E-state index contributed by atoms with van der Waals surface area (Å²) < 4.78 is 5.31. The number of hydrogen-bond acceptors (Lipinski definition) is 3. The number of H-pyrrole nitrogens is 1. The van der Waals surface area contributed by atoms with E-state index in [4.69, 9.17) is 10.5 Å². The van der Waals surface area contributed by atoms with Gasteiger partial charge in [-0.05, 0) is 44.0 Å². The van der Waals surface area contributed by atoms with E-state index in [2.05, 4.69) is 4.98 Å². The summed E-state index contributed by atoms with van der Waals surface area (Å²) in [6, 6.07) is 5.65. The molecule has 0 fully saturated rings. The van der Waals surface area contributed by atoms with Crippen LogP contribution in [0.4, 0.5) is 4.79 Å². The van der Waals surface area contributed by atoms with Gasteiger partial charge in [-0.1, -0.05) is 0 Å². The summed E-state index contributed by atoms with van der Waals surface area (Å²) >= 11 is 0. The summed E-state index contributed by atoms with van der Waals surface area (Å²) in [5, 5.41) is 1.15. The highest BCUT2D eigenvalue weighted by atomic mass is 16.6. The Kier molecular flexibility index (Phi) is 4.63. The number of aryl methyl sites for hydroxylation is 1. The second kappa shape index (κ2) is 6.43. The Morgan fingerprint density at radius 1 is 1.45 bits per heavy atom. The first kappa shape index (κ1) is 14.4. The molecular formula is C15H21N3O2. The molecule has 0 unspecified atom stereocenters. The Hall–Kier alpha value is -2.01. The van der Waals surface area contributed by atoms with E-state index in [1.54, 1.807) is 7.05 Å². The van der Waals surface area contributed by atoms with Crippen LogP contribution in [-0.2, 0) is 6.42 Å². The molecule has 5 heteroatoms. The van der Waals surface area contributed by atoms with Crippen LogP contribution < -0.4 is 10.5 Å². The number of hydrogen-bond donors (Lipinski definition) is 2. The van der Waals surface area contributed by atoms with Crippen molar-refractivity contribution in [1.29, 1.82) is 0 Å². The minimum absolute atomic E-state index is 0.346. The van der Waals surface area contributed by atoms with Gasteiger partial charge in [0.25, 0.3) is 0 Å². The monoisotopic (exact) mass is 275 g/mol. The van der Waals surface area contributed by atoms with Gasteiger partial charge < -0.3 is 20.4 Å². The molecule has 108 valence electrons. The van der Waals surface area contributed by atoms with Crippen LogP contribution >= 0.6 is 0 Å². The molecule has 0 aliphatic heterocycles. The van der Waals surface area contributed by atoms with Gasteiger partial charge in [0.2, 0.25) is 0 Å². The second-order valence-corrected chi connectivity index (χ2v) is 4.80. The van der Waals surface area contributed by atoms with Crippen LogP contribution in [0.5, 0.6) is 5.75 Å². The van der Waals surface area contributed by atoms with Crippen LogP contribution in [0.1, 0.15) is 18.9 Å². The number of carbonyl (C=O) groups is 1. The van der Waals surface area contributed by atoms with E-state index in [0.29, 0.717) is 18.8 Å². The lowest BCUT2D eigenvalue weighted by molar-refractivity contribution is 0.165. The van der Waals surface area contributed by atoms with Crippen molar-refractivity contribution < 1.29 is 9.53 Å². The van der Waals surface area contributed by atoms with Gasteiger partial charge >= 0.3 is 6.09 Å². The van der Waals surface area contributed by atoms with E-state index in [9.17, 15) is 4.79 Å². The maximum Gasteiger partial charge on any atom is 0.414 e. The highest BCUT2D eigenvalue weighted by Gasteiger charge is 2.10. The van der Waals surface area contributed by atoms with Gasteiger partial charge in [-0.25, -0.2) is 4.79 Å². The Bertz CT molecular complexity index is 592. The molecule has 20 heavy (non-hydrogen) atoms. The van der Waals surface area contributed by atoms with Crippen LogP contribution in [0.25, 0.3) is 10.9 Å². The molecule has 1 aromatic heterocycles. The first-order chi connectivity index (χ1) is 9.65. The molecule has 0 atom stereocenters. The third kappa shape index (κ3) is 3.11. The van der Waals surface area contributed by atoms with Crippen LogP contribution in [0.2, 0.25) is 0 Å². The fraction of sp³-hybridized carbons (Fsp3) is 0.400. The van der Waals surface area contributed by atoms with Crippen molar-refractivity contribution in [3.8, 4) is 5.75 Å². The van der Waals surface area contributed by atoms with E-state index in [0.717, 1.165) is 23.7 Å². The summed E-state index contributed by atoms with van der Waals surface area (Å²) in [6.07, 6.45) is 3.56. The maximum absolute atomic E-state index is 11.7. The minimum Gasteiger partial charge on any atom is -0.410 e. The predicted octanol–water partition coefficient (Wildman–Crippen LogP) is 2.51. The molecule has 0 aliphatic rings. The van der Waals surface area contributed by atoms with Gasteiger partial charge in [0.05, 0.1) is 0 Å². The van der Waals surface area contributed by atoms with E-state index < -0.39 is 0 Å². The lowest BCUT2D eigenvalue weighted by Crippen LogP contribution is -2.29. The fourth-order valence-electron chi connectivity index (χ4n) is 2.04. The van der Waals surface area contributed by atoms with Gasteiger partial charge in [-0.15, -0.1) is 0 Å². The third-order valence-corrected chi connectivity index (χ3v) is 3.38. The van der Waals surface area contributed by atoms with Crippen molar-refractivity contribution in [3.05, 3.63) is 30.0 Å². The predicted molar refractivity (Wildman–Crippen MR) is 80.0 cm³/mol. The summed E-state index contributed by atoms with van der Waals surface area (Å²) in [7, 11) is 1.71. The molecule has 0 radical (unpaired) electrons. The van der Waals surface area contributed by atoms with Crippen molar-refractivity contribution in [3.63, 3.8) is 0 Å². The van der Waals surface area contributed by atoms with Crippen LogP contribution in [0, 0.1) is 0 Å². The summed E-state index contributed by atoms with van der Waals surface area (Å²) in [6.45, 7) is 3.21. The number of aromatic nitrogens is 1. The van der Waals surface area contributed by atoms with Gasteiger partial charge in [-0.2, -0.15) is 0 Å². The summed E-state index contributed by atoms with van der Waals surface area (Å²) in [4.78, 5) is 16.4. The number of aromatic amines is 1. The van der Waals surface area contributed by atoms with Crippen molar-refractivity contribution in [2.75, 3.05) is 20.1 Å². The van der Waals surface area contributed by atoms with Gasteiger partial charge in [0, 0.05) is 36.8 Å². The fourth-order valence-corrected chi connectivity index (χ4v) is 2.04. The number of nitrogens with two attached hydrogens (primary N) is 1. The molecule has 3 N–H and O–H groups in total. The Morgan fingerprint density at radius 2 is 2.25 bits per heavy atom. The normalized spacial score (nSPS) is 10.8. The number of ether oxygens (including phenoxy) is 1. The number of nitrogens with zero attached hydrogens (tertiary/aromatic N) is 1. The minimum atomic E-state index is -0.346. The van der Waals surface area contributed by atoms with Crippen molar-refractivity contribution in [2.24, 2.45) is 5.73 Å². The highest BCUT2D eigenvalue weighted by Crippen LogP contribution is 2.24. The van der Waals surface area contributed by atoms with E-state index >= 15 is 0 Å². The molecule has 0 aliphatic carbocycles. The lowest BCUT2D eigenvalue weighted by atomic mass is 10.1. The SMILES string of the molecule is CCN(C)C(=O)Oc1ccc2c(CCCN)c[nH]c2c1. The number of carbonyl (C=O) groups excluding carboxylic acids is 1. The number of amides is 1. The summed E-state index contributed by atoms with van der Waals surface area (Å²) in [5.74, 6) is 0.551. The van der Waals surface area contributed by atoms with E-state index in [1.165, 1.54) is 10.5 Å². The van der Waals surface area contributed by atoms with E-state index in [1.807, 2.05) is 31.3 Å². The molecule has 0 bridgehead atoms. The zero-order valence-electron chi connectivity index (χ0n) is 12.0. The number of nitrogens with one attached hydrogen (secondary N) is 1. The van der Waals surface area contributed by atoms with Crippen LogP contribution in [-0.4, -0.2) is 36.1 Å². The standard InChI is InChI=1S/C15H21N3O2/c1-3-18(2)15(19)20-12-6-7-13-11(5-4-8-16)10-17-14(13)9-12/h6-7,9-10,17H,3-5,8,16H2,1-2H3. The molecular weight excluding hydrogens is 254 g/mol. The third-order valence-electron chi connectivity index (χ3n) is 3.38. The molecule has 0 saturated carbocycles. The average Bonchev–Trinajstić information content (AvgIpc) is 2.86. The van der Waals surface area contributed by atoms with Gasteiger partial charge in [0.15, 0.2) is 0 Å². The maximum atomic E-state index is 11.7. The highest BCUT2D eigenvalue weighted by molar-refractivity contribution is 5.85. The molecule has 1 amide bonds. The Morgan fingerprint density at radius 3 is 2.95 bits per heavy atom. The molecule has 2 aromatic rings. The average molecular weight is 275 g/mol. The van der Waals surface area contributed by atoms with Crippen LogP contribution in [0.3, 0.4) is 0 Å². The number of rotatable bonds is 5. The van der Waals surface area contributed by atoms with Gasteiger partial charge in [0.1, 0.15) is 5.75 Å². The Labute approximate surface area is 118 Å². The van der Waals surface area contributed by atoms with Crippen molar-refractivity contribution in [1.82, 2.24) is 9.88 Å². The van der Waals surface area contributed by atoms with Crippen molar-refractivity contribution >= 4 is 17.0 Å². The largest absolute Gasteiger partial charge is 0.414 e. The quantitative estimate of drug-likeness (QED) is 0.880. The molecule has 1 heterocycles. The molecule has 1 aromatic carbocycles. The zero-order chi connectivity index (χ0) is 14.5. The molecule has 2 rings (SSSR count). The van der Waals surface area contributed by atoms with Crippen LogP contribution in [0.15, 0.2) is 24.4 Å². The molecule has 0 saturated heterocycles. The smallest absolute Gasteiger partial charge is 0.410 e. The zero-order valence-corrected chi connectivity index (χ0v) is 12.0. The number of fused-ring (bicyclic) bond motifs is 1. The molecule has 0 spiro atoms. The van der Waals surface area contributed by atoms with E-state index in [-0.39, 0.29) is 6.09 Å². The lowest BCUT2D eigenvalue weighted by Gasteiger charge is -2.14. The molecule has 5 nitrogen and oxygen atoms in total. The second-order valence-electron chi connectivity index (χ2n) is 4.80. The Balaban J connectivity index is 2.16. The van der Waals surface area contributed by atoms with Crippen molar-refractivity contribution in [2.45, 2.75) is 19.8 Å². The topological polar surface area (TPSA) is 71.3 Å². The summed E-state index contributed by atoms with van der Waals surface area (Å²) in [5.41, 5.74) is 7.76.